The average molecular weight is 522 g/mol. The van der Waals surface area contributed by atoms with E-state index in [-0.39, 0.29) is 12.4 Å². The second-order valence-electron chi connectivity index (χ2n) is 8.85. The van der Waals surface area contributed by atoms with E-state index in [9.17, 15) is 14.4 Å². The minimum Gasteiger partial charge on any atom is -0.463 e. The van der Waals surface area contributed by atoms with Gasteiger partial charge in [0.2, 0.25) is 0 Å². The van der Waals surface area contributed by atoms with Gasteiger partial charge in [0.05, 0.1) is 23.8 Å². The Morgan fingerprint density at radius 3 is 2.21 bits per heavy atom. The van der Waals surface area contributed by atoms with Gasteiger partial charge < -0.3 is 10.1 Å². The van der Waals surface area contributed by atoms with E-state index in [4.69, 9.17) is 4.74 Å². The Morgan fingerprint density at radius 2 is 1.56 bits per heavy atom. The number of para-hydroxylation sites is 1. The summed E-state index contributed by atoms with van der Waals surface area (Å²) < 4.78 is 6.90. The maximum absolute atomic E-state index is 13.4. The van der Waals surface area contributed by atoms with Gasteiger partial charge in [0, 0.05) is 16.8 Å². The fourth-order valence-electron chi connectivity index (χ4n) is 4.68. The van der Waals surface area contributed by atoms with E-state index in [2.05, 4.69) is 21.2 Å². The number of nitrogens with zero attached hydrogens (tertiary/aromatic N) is 2. The summed E-state index contributed by atoms with van der Waals surface area (Å²) in [4.78, 5) is 43.9. The van der Waals surface area contributed by atoms with Crippen LogP contribution in [0.3, 0.4) is 0 Å². The van der Waals surface area contributed by atoms with Gasteiger partial charge in [-0.2, -0.15) is 4.98 Å². The molecule has 0 saturated carbocycles. The molecule has 0 fully saturated rings. The van der Waals surface area contributed by atoms with Gasteiger partial charge in [-0.25, -0.2) is 14.2 Å². The predicted molar refractivity (Wildman–Crippen MR) is 149 cm³/mol. The van der Waals surface area contributed by atoms with Gasteiger partial charge in [0.1, 0.15) is 5.82 Å². The van der Waals surface area contributed by atoms with Crippen molar-refractivity contribution >= 4 is 23.5 Å². The number of fused-ring (bicyclic) bond motifs is 1. The van der Waals surface area contributed by atoms with E-state index in [0.717, 1.165) is 5.56 Å². The van der Waals surface area contributed by atoms with Crippen molar-refractivity contribution in [2.45, 2.75) is 19.8 Å². The predicted octanol–water partition coefficient (Wildman–Crippen LogP) is 4.38. The quantitative estimate of drug-likeness (QED) is 0.244. The summed E-state index contributed by atoms with van der Waals surface area (Å²) in [6.07, 6.45) is 0. The van der Waals surface area contributed by atoms with Crippen molar-refractivity contribution in [3.05, 3.63) is 129 Å². The third-order valence-corrected chi connectivity index (χ3v) is 6.39. The number of aromatic nitrogens is 2. The summed E-state index contributed by atoms with van der Waals surface area (Å²) in [5.41, 5.74) is 8.19. The smallest absolute Gasteiger partial charge is 0.355 e. The summed E-state index contributed by atoms with van der Waals surface area (Å²) in [7, 11) is 0. The highest BCUT2D eigenvalue weighted by atomic mass is 16.5. The van der Waals surface area contributed by atoms with Crippen LogP contribution >= 0.6 is 0 Å². The van der Waals surface area contributed by atoms with Crippen LogP contribution in [0.25, 0.3) is 5.69 Å². The van der Waals surface area contributed by atoms with E-state index < -0.39 is 23.5 Å². The molecule has 39 heavy (non-hydrogen) atoms. The molecule has 3 aromatic carbocycles. The van der Waals surface area contributed by atoms with Crippen LogP contribution in [0.5, 0.6) is 0 Å². The van der Waals surface area contributed by atoms with Crippen LogP contribution in [0.2, 0.25) is 0 Å². The SMILES string of the molecule is CCOC(=O)C1=C(C)Nc2c(c(NNC(=O)c3ccccc3)nc(=O)n2-c2ccccc2)C1c1ccccc1. The highest BCUT2D eigenvalue weighted by Gasteiger charge is 2.38. The fourth-order valence-corrected chi connectivity index (χ4v) is 4.68. The number of carbonyl (C=O) groups excluding carboxylic acids is 2. The third kappa shape index (κ3) is 5.02. The lowest BCUT2D eigenvalue weighted by Gasteiger charge is -2.33. The molecule has 1 aromatic heterocycles. The maximum Gasteiger partial charge on any atom is 0.355 e. The van der Waals surface area contributed by atoms with Crippen molar-refractivity contribution in [1.29, 1.82) is 0 Å². The van der Waals surface area contributed by atoms with Crippen molar-refractivity contribution in [2.75, 3.05) is 17.3 Å². The van der Waals surface area contributed by atoms with Crippen molar-refractivity contribution in [3.8, 4) is 5.69 Å². The van der Waals surface area contributed by atoms with Gasteiger partial charge >= 0.3 is 11.7 Å². The van der Waals surface area contributed by atoms with E-state index in [1.807, 2.05) is 54.6 Å². The van der Waals surface area contributed by atoms with Crippen molar-refractivity contribution in [1.82, 2.24) is 15.0 Å². The molecule has 2 heterocycles. The maximum atomic E-state index is 13.4. The first-order chi connectivity index (χ1) is 19.0. The molecule has 196 valence electrons. The van der Waals surface area contributed by atoms with Crippen molar-refractivity contribution < 1.29 is 14.3 Å². The van der Waals surface area contributed by atoms with Crippen LogP contribution in [0.4, 0.5) is 11.6 Å². The number of amides is 1. The lowest BCUT2D eigenvalue weighted by molar-refractivity contribution is -0.138. The Balaban J connectivity index is 1.72. The van der Waals surface area contributed by atoms with Gasteiger partial charge in [-0.3, -0.25) is 15.6 Å². The van der Waals surface area contributed by atoms with Gasteiger partial charge in [-0.1, -0.05) is 66.7 Å². The number of ether oxygens (including phenoxy) is 1. The molecule has 0 aliphatic carbocycles. The molecule has 0 radical (unpaired) electrons. The Labute approximate surface area is 225 Å². The molecule has 9 nitrogen and oxygen atoms in total. The molecule has 5 rings (SSSR count). The number of allylic oxidation sites excluding steroid dienone is 1. The zero-order valence-corrected chi connectivity index (χ0v) is 21.5. The number of hydrogen-bond donors (Lipinski definition) is 3. The molecule has 1 atom stereocenters. The van der Waals surface area contributed by atoms with Crippen molar-refractivity contribution in [2.24, 2.45) is 0 Å². The highest BCUT2D eigenvalue weighted by molar-refractivity contribution is 5.96. The number of rotatable bonds is 7. The van der Waals surface area contributed by atoms with E-state index in [1.54, 1.807) is 50.2 Å². The lowest BCUT2D eigenvalue weighted by Crippen LogP contribution is -2.37. The molecule has 4 aromatic rings. The van der Waals surface area contributed by atoms with E-state index in [1.165, 1.54) is 4.57 Å². The monoisotopic (exact) mass is 521 g/mol. The molecule has 1 amide bonds. The lowest BCUT2D eigenvalue weighted by atomic mass is 9.81. The Bertz CT molecular complexity index is 1600. The topological polar surface area (TPSA) is 114 Å². The number of nitrogens with one attached hydrogen (secondary N) is 3. The van der Waals surface area contributed by atoms with Crippen LogP contribution in [0.15, 0.2) is 107 Å². The van der Waals surface area contributed by atoms with E-state index >= 15 is 0 Å². The number of hydrogen-bond acceptors (Lipinski definition) is 7. The fraction of sp³-hybridized carbons (Fsp3) is 0.133. The Morgan fingerprint density at radius 1 is 0.949 bits per heavy atom. The van der Waals surface area contributed by atoms with E-state index in [0.29, 0.717) is 33.9 Å². The molecule has 0 saturated heterocycles. The molecule has 1 unspecified atom stereocenters. The summed E-state index contributed by atoms with van der Waals surface area (Å²) >= 11 is 0. The number of esters is 1. The van der Waals surface area contributed by atoms with Crippen LogP contribution in [0.1, 0.15) is 41.3 Å². The molecule has 0 spiro atoms. The zero-order chi connectivity index (χ0) is 27.4. The first kappa shape index (κ1) is 25.5. The second kappa shape index (κ2) is 11.1. The van der Waals surface area contributed by atoms with Crippen LogP contribution < -0.4 is 21.9 Å². The summed E-state index contributed by atoms with van der Waals surface area (Å²) in [6.45, 7) is 3.72. The van der Waals surface area contributed by atoms with Crippen molar-refractivity contribution in [3.63, 3.8) is 0 Å². The van der Waals surface area contributed by atoms with Gasteiger partial charge in [-0.15, -0.1) is 0 Å². The summed E-state index contributed by atoms with van der Waals surface area (Å²) in [6, 6.07) is 27.2. The van der Waals surface area contributed by atoms with Gasteiger partial charge in [0.25, 0.3) is 5.91 Å². The summed E-state index contributed by atoms with van der Waals surface area (Å²) in [5, 5.41) is 3.27. The first-order valence-corrected chi connectivity index (χ1v) is 12.5. The molecular weight excluding hydrogens is 494 g/mol. The number of benzene rings is 3. The minimum atomic E-state index is -0.652. The Kier molecular flexibility index (Phi) is 7.22. The second-order valence-corrected chi connectivity index (χ2v) is 8.85. The van der Waals surface area contributed by atoms with Gasteiger partial charge in [-0.05, 0) is 43.7 Å². The molecule has 1 aliphatic heterocycles. The number of anilines is 2. The minimum absolute atomic E-state index is 0.113. The number of carbonyl (C=O) groups is 2. The zero-order valence-electron chi connectivity index (χ0n) is 21.5. The van der Waals surface area contributed by atoms with Crippen LogP contribution in [0, 0.1) is 0 Å². The molecule has 0 bridgehead atoms. The highest BCUT2D eigenvalue weighted by Crippen LogP contribution is 2.45. The average Bonchev–Trinajstić information content (AvgIpc) is 2.96. The normalized spacial score (nSPS) is 14.2. The first-order valence-electron chi connectivity index (χ1n) is 12.5. The molecule has 1 aliphatic rings. The largest absolute Gasteiger partial charge is 0.463 e. The van der Waals surface area contributed by atoms with Crippen LogP contribution in [-0.2, 0) is 9.53 Å². The standard InChI is InChI=1S/C30H27N5O4/c1-3-39-29(37)23-19(2)31-27-25(24(23)20-13-7-4-8-14-20)26(33-34-28(36)21-15-9-5-10-16-21)32-30(38)35(27)22-17-11-6-12-18-22/h4-18,24,31H,3H2,1-2H3,(H,34,36)(H,32,33,38). The summed E-state index contributed by atoms with van der Waals surface area (Å²) in [5.74, 6) is -1.01. The third-order valence-electron chi connectivity index (χ3n) is 6.39. The Hall–Kier alpha value is -5.18. The molecule has 3 N–H and O–H groups in total. The molecule has 9 heteroatoms. The van der Waals surface area contributed by atoms with Gasteiger partial charge in [0.15, 0.2) is 5.82 Å². The van der Waals surface area contributed by atoms with Crippen LogP contribution in [-0.4, -0.2) is 28.0 Å². The number of hydrazine groups is 1. The molecular formula is C30H27N5O4.